The van der Waals surface area contributed by atoms with Crippen LogP contribution >= 0.6 is 11.3 Å². The van der Waals surface area contributed by atoms with Gasteiger partial charge in [0.15, 0.2) is 0 Å². The molecular weight excluding hydrogens is 228 g/mol. The first-order valence-corrected chi connectivity index (χ1v) is 7.64. The molecule has 0 radical (unpaired) electrons. The van der Waals surface area contributed by atoms with E-state index in [1.54, 1.807) is 10.4 Å². The van der Waals surface area contributed by atoms with Gasteiger partial charge in [0.1, 0.15) is 0 Å². The second-order valence-corrected chi connectivity index (χ2v) is 6.01. The average Bonchev–Trinajstić information content (AvgIpc) is 2.77. The zero-order valence-corrected chi connectivity index (χ0v) is 12.0. The SMILES string of the molecule is CCNC(C)CCN1CCc2sccc2C1C. The lowest BCUT2D eigenvalue weighted by atomic mass is 10.0. The molecule has 1 aromatic rings. The third-order valence-corrected chi connectivity index (χ3v) is 4.80. The Morgan fingerprint density at radius 1 is 1.59 bits per heavy atom. The number of nitrogens with zero attached hydrogens (tertiary/aromatic N) is 1. The molecule has 3 heteroatoms. The van der Waals surface area contributed by atoms with E-state index in [2.05, 4.69) is 42.4 Å². The van der Waals surface area contributed by atoms with Crippen LogP contribution in [0.3, 0.4) is 0 Å². The minimum absolute atomic E-state index is 0.610. The molecule has 0 bridgehead atoms. The molecule has 1 aliphatic rings. The average molecular weight is 252 g/mol. The van der Waals surface area contributed by atoms with E-state index >= 15 is 0 Å². The molecule has 1 N–H and O–H groups in total. The zero-order chi connectivity index (χ0) is 12.3. The minimum atomic E-state index is 0.610. The molecule has 0 aliphatic carbocycles. The van der Waals surface area contributed by atoms with Crippen LogP contribution in [0.5, 0.6) is 0 Å². The maximum absolute atomic E-state index is 3.49. The molecule has 0 spiro atoms. The number of nitrogens with one attached hydrogen (secondary N) is 1. The van der Waals surface area contributed by atoms with E-state index in [9.17, 15) is 0 Å². The van der Waals surface area contributed by atoms with Crippen molar-refractivity contribution in [2.24, 2.45) is 0 Å². The van der Waals surface area contributed by atoms with Gasteiger partial charge in [0.25, 0.3) is 0 Å². The number of fused-ring (bicyclic) bond motifs is 1. The van der Waals surface area contributed by atoms with E-state index in [1.807, 2.05) is 11.3 Å². The van der Waals surface area contributed by atoms with Crippen LogP contribution in [0.1, 0.15) is 43.7 Å². The smallest absolute Gasteiger partial charge is 0.0331 e. The second-order valence-electron chi connectivity index (χ2n) is 5.01. The van der Waals surface area contributed by atoms with E-state index in [0.717, 1.165) is 6.54 Å². The number of hydrogen-bond donors (Lipinski definition) is 1. The molecule has 2 rings (SSSR count). The molecule has 1 aliphatic heterocycles. The van der Waals surface area contributed by atoms with Gasteiger partial charge in [-0.3, -0.25) is 4.90 Å². The Morgan fingerprint density at radius 2 is 2.41 bits per heavy atom. The number of rotatable bonds is 5. The van der Waals surface area contributed by atoms with Gasteiger partial charge < -0.3 is 5.32 Å². The Kier molecular flexibility index (Phi) is 4.60. The van der Waals surface area contributed by atoms with Crippen molar-refractivity contribution in [2.75, 3.05) is 19.6 Å². The van der Waals surface area contributed by atoms with E-state index in [1.165, 1.54) is 25.9 Å². The molecule has 0 saturated heterocycles. The maximum Gasteiger partial charge on any atom is 0.0331 e. The lowest BCUT2D eigenvalue weighted by Gasteiger charge is -2.34. The van der Waals surface area contributed by atoms with Crippen molar-refractivity contribution >= 4 is 11.3 Å². The Hall–Kier alpha value is -0.380. The Morgan fingerprint density at radius 3 is 3.18 bits per heavy atom. The van der Waals surface area contributed by atoms with Crippen LogP contribution in [0.15, 0.2) is 11.4 Å². The third kappa shape index (κ3) is 3.09. The molecule has 17 heavy (non-hydrogen) atoms. The van der Waals surface area contributed by atoms with Gasteiger partial charge >= 0.3 is 0 Å². The van der Waals surface area contributed by atoms with Crippen LogP contribution in [0, 0.1) is 0 Å². The van der Waals surface area contributed by atoms with Crippen molar-refractivity contribution in [3.8, 4) is 0 Å². The van der Waals surface area contributed by atoms with Crippen molar-refractivity contribution in [1.82, 2.24) is 10.2 Å². The number of hydrogen-bond acceptors (Lipinski definition) is 3. The fourth-order valence-corrected chi connectivity index (χ4v) is 3.64. The zero-order valence-electron chi connectivity index (χ0n) is 11.2. The Bertz CT molecular complexity index is 348. The van der Waals surface area contributed by atoms with Crippen molar-refractivity contribution in [2.45, 2.75) is 45.7 Å². The summed E-state index contributed by atoms with van der Waals surface area (Å²) in [6.45, 7) is 10.3. The Balaban J connectivity index is 1.87. The molecule has 0 amide bonds. The topological polar surface area (TPSA) is 15.3 Å². The largest absolute Gasteiger partial charge is 0.314 e. The first-order valence-electron chi connectivity index (χ1n) is 6.76. The van der Waals surface area contributed by atoms with Crippen LogP contribution in [0.25, 0.3) is 0 Å². The maximum atomic E-state index is 3.49. The van der Waals surface area contributed by atoms with Gasteiger partial charge in [-0.25, -0.2) is 0 Å². The summed E-state index contributed by atoms with van der Waals surface area (Å²) in [4.78, 5) is 4.23. The van der Waals surface area contributed by atoms with Crippen LogP contribution < -0.4 is 5.32 Å². The van der Waals surface area contributed by atoms with Crippen LogP contribution in [0.4, 0.5) is 0 Å². The molecule has 2 atom stereocenters. The predicted octanol–water partition coefficient (Wildman–Crippen LogP) is 3.06. The molecule has 2 nitrogen and oxygen atoms in total. The predicted molar refractivity (Wildman–Crippen MR) is 75.8 cm³/mol. The van der Waals surface area contributed by atoms with E-state index < -0.39 is 0 Å². The van der Waals surface area contributed by atoms with Crippen molar-refractivity contribution in [1.29, 1.82) is 0 Å². The molecule has 1 aromatic heterocycles. The molecule has 0 fully saturated rings. The van der Waals surface area contributed by atoms with Gasteiger partial charge in [-0.15, -0.1) is 11.3 Å². The summed E-state index contributed by atoms with van der Waals surface area (Å²) in [5.41, 5.74) is 1.57. The first kappa shape index (κ1) is 13.1. The highest BCUT2D eigenvalue weighted by Crippen LogP contribution is 2.32. The van der Waals surface area contributed by atoms with Crippen molar-refractivity contribution in [3.05, 3.63) is 21.9 Å². The summed E-state index contributed by atoms with van der Waals surface area (Å²) in [6.07, 6.45) is 2.49. The van der Waals surface area contributed by atoms with Gasteiger partial charge in [0.2, 0.25) is 0 Å². The minimum Gasteiger partial charge on any atom is -0.314 e. The van der Waals surface area contributed by atoms with Crippen molar-refractivity contribution < 1.29 is 0 Å². The molecule has 0 aromatic carbocycles. The van der Waals surface area contributed by atoms with Gasteiger partial charge in [-0.1, -0.05) is 6.92 Å². The number of thiophene rings is 1. The highest BCUT2D eigenvalue weighted by molar-refractivity contribution is 7.10. The molecule has 96 valence electrons. The van der Waals surface area contributed by atoms with E-state index in [0.29, 0.717) is 12.1 Å². The molecular formula is C14H24N2S. The summed E-state index contributed by atoms with van der Waals surface area (Å²) in [6, 6.07) is 3.56. The van der Waals surface area contributed by atoms with Gasteiger partial charge in [0.05, 0.1) is 0 Å². The summed E-state index contributed by atoms with van der Waals surface area (Å²) in [5, 5.41) is 5.73. The molecule has 2 heterocycles. The van der Waals surface area contributed by atoms with E-state index in [-0.39, 0.29) is 0 Å². The summed E-state index contributed by atoms with van der Waals surface area (Å²) in [5.74, 6) is 0. The summed E-state index contributed by atoms with van der Waals surface area (Å²) < 4.78 is 0. The quantitative estimate of drug-likeness (QED) is 0.866. The lowest BCUT2D eigenvalue weighted by molar-refractivity contribution is 0.191. The highest BCUT2D eigenvalue weighted by atomic mass is 32.1. The third-order valence-electron chi connectivity index (χ3n) is 3.81. The van der Waals surface area contributed by atoms with Gasteiger partial charge in [-0.2, -0.15) is 0 Å². The monoisotopic (exact) mass is 252 g/mol. The molecule has 2 unspecified atom stereocenters. The molecule has 0 saturated carbocycles. The second kappa shape index (κ2) is 5.98. The standard InChI is InChI=1S/C14H24N2S/c1-4-15-11(2)5-8-16-9-6-14-13(12(16)3)7-10-17-14/h7,10-12,15H,4-6,8-9H2,1-3H3. The van der Waals surface area contributed by atoms with Gasteiger partial charge in [-0.05, 0) is 50.2 Å². The summed E-state index contributed by atoms with van der Waals surface area (Å²) in [7, 11) is 0. The Labute approximate surface area is 109 Å². The lowest BCUT2D eigenvalue weighted by Crippen LogP contribution is -2.37. The normalized spacial score (nSPS) is 22.4. The fourth-order valence-electron chi connectivity index (χ4n) is 2.68. The highest BCUT2D eigenvalue weighted by Gasteiger charge is 2.24. The van der Waals surface area contributed by atoms with Gasteiger partial charge in [0, 0.05) is 30.1 Å². The summed E-state index contributed by atoms with van der Waals surface area (Å²) >= 11 is 1.92. The first-order chi connectivity index (χ1) is 8.22. The van der Waals surface area contributed by atoms with Crippen LogP contribution in [0.2, 0.25) is 0 Å². The van der Waals surface area contributed by atoms with E-state index in [4.69, 9.17) is 0 Å². The van der Waals surface area contributed by atoms with Crippen molar-refractivity contribution in [3.63, 3.8) is 0 Å². The van der Waals surface area contributed by atoms with Crippen LogP contribution in [-0.4, -0.2) is 30.6 Å². The van der Waals surface area contributed by atoms with Crippen LogP contribution in [-0.2, 0) is 6.42 Å². The fraction of sp³-hybridized carbons (Fsp3) is 0.714.